The van der Waals surface area contributed by atoms with E-state index in [-0.39, 0.29) is 0 Å². The molecule has 80 valence electrons. The Balaban J connectivity index is 2.45. The summed E-state index contributed by atoms with van der Waals surface area (Å²) >= 11 is 0. The number of rotatable bonds is 1. The van der Waals surface area contributed by atoms with Gasteiger partial charge >= 0.3 is 6.18 Å². The van der Waals surface area contributed by atoms with E-state index >= 15 is 0 Å². The minimum absolute atomic E-state index is 0.383. The van der Waals surface area contributed by atoms with Crippen molar-refractivity contribution in [3.05, 3.63) is 36.3 Å². The maximum Gasteiger partial charge on any atom is 0.406 e. The number of halogens is 4. The Kier molecular flexibility index (Phi) is 2.17. The lowest BCUT2D eigenvalue weighted by Gasteiger charge is -2.08. The number of nitrogens with zero attached hydrogens (tertiary/aromatic N) is 1. The Morgan fingerprint density at radius 3 is 2.53 bits per heavy atom. The van der Waals surface area contributed by atoms with E-state index in [9.17, 15) is 17.6 Å². The van der Waals surface area contributed by atoms with Crippen LogP contribution in [0.15, 0.2) is 30.5 Å². The normalized spacial score (nSPS) is 12.3. The van der Waals surface area contributed by atoms with Crippen LogP contribution in [0.25, 0.3) is 10.9 Å². The van der Waals surface area contributed by atoms with E-state index in [0.717, 1.165) is 10.6 Å². The first-order valence-corrected chi connectivity index (χ1v) is 4.27. The predicted molar refractivity (Wildman–Crippen MR) is 48.0 cm³/mol. The molecular formula is C10H7F4N. The fourth-order valence-corrected chi connectivity index (χ4v) is 1.50. The van der Waals surface area contributed by atoms with Crippen molar-refractivity contribution in [2.45, 2.75) is 12.7 Å². The minimum Gasteiger partial charge on any atom is -0.338 e. The highest BCUT2D eigenvalue weighted by Crippen LogP contribution is 2.23. The van der Waals surface area contributed by atoms with Gasteiger partial charge in [0, 0.05) is 17.1 Å². The Hall–Kier alpha value is -1.52. The average molecular weight is 217 g/mol. The molecule has 0 aliphatic carbocycles. The highest BCUT2D eigenvalue weighted by atomic mass is 19.4. The van der Waals surface area contributed by atoms with E-state index in [1.54, 1.807) is 0 Å². The highest BCUT2D eigenvalue weighted by molar-refractivity contribution is 5.80. The molecule has 0 fully saturated rings. The third-order valence-corrected chi connectivity index (χ3v) is 2.08. The second-order valence-electron chi connectivity index (χ2n) is 3.26. The van der Waals surface area contributed by atoms with Crippen LogP contribution in [0.2, 0.25) is 0 Å². The molecule has 1 heterocycles. The first-order valence-electron chi connectivity index (χ1n) is 4.27. The zero-order valence-corrected chi connectivity index (χ0v) is 7.55. The summed E-state index contributed by atoms with van der Waals surface area (Å²) < 4.78 is 50.2. The van der Waals surface area contributed by atoms with Gasteiger partial charge in [0.05, 0.1) is 0 Å². The van der Waals surface area contributed by atoms with Gasteiger partial charge < -0.3 is 4.57 Å². The maximum absolute atomic E-state index is 12.8. The number of benzene rings is 1. The van der Waals surface area contributed by atoms with E-state index < -0.39 is 18.5 Å². The summed E-state index contributed by atoms with van der Waals surface area (Å²) in [4.78, 5) is 0. The molecule has 2 aromatic rings. The predicted octanol–water partition coefficient (Wildman–Crippen LogP) is 3.34. The Labute approximate surface area is 82.9 Å². The molecule has 15 heavy (non-hydrogen) atoms. The molecule has 0 saturated heterocycles. The molecule has 1 aromatic heterocycles. The maximum atomic E-state index is 12.8. The molecule has 0 aliphatic heterocycles. The zero-order valence-electron chi connectivity index (χ0n) is 7.55. The molecule has 2 rings (SSSR count). The van der Waals surface area contributed by atoms with Gasteiger partial charge in [-0.15, -0.1) is 0 Å². The minimum atomic E-state index is -4.26. The van der Waals surface area contributed by atoms with Crippen molar-refractivity contribution in [3.8, 4) is 0 Å². The number of hydrogen-bond donors (Lipinski definition) is 0. The first kappa shape index (κ1) is 10.0. The molecule has 1 nitrogen and oxygen atoms in total. The van der Waals surface area contributed by atoms with Crippen LogP contribution in [0.1, 0.15) is 0 Å². The number of alkyl halides is 3. The van der Waals surface area contributed by atoms with Crippen LogP contribution >= 0.6 is 0 Å². The van der Waals surface area contributed by atoms with Gasteiger partial charge in [-0.3, -0.25) is 0 Å². The molecule has 0 N–H and O–H groups in total. The van der Waals surface area contributed by atoms with Gasteiger partial charge in [0.1, 0.15) is 12.4 Å². The summed E-state index contributed by atoms with van der Waals surface area (Å²) in [5.41, 5.74) is 0.383. The summed E-state index contributed by atoms with van der Waals surface area (Å²) in [6, 6.07) is 5.16. The van der Waals surface area contributed by atoms with Gasteiger partial charge in [-0.1, -0.05) is 0 Å². The smallest absolute Gasteiger partial charge is 0.338 e. The topological polar surface area (TPSA) is 4.93 Å². The monoisotopic (exact) mass is 217 g/mol. The van der Waals surface area contributed by atoms with Crippen LogP contribution in [0.3, 0.4) is 0 Å². The van der Waals surface area contributed by atoms with Crippen LogP contribution in [0.4, 0.5) is 17.6 Å². The van der Waals surface area contributed by atoms with Gasteiger partial charge in [-0.25, -0.2) is 4.39 Å². The average Bonchev–Trinajstić information content (AvgIpc) is 2.45. The van der Waals surface area contributed by atoms with Crippen LogP contribution in [0, 0.1) is 5.82 Å². The van der Waals surface area contributed by atoms with Gasteiger partial charge in [0.25, 0.3) is 0 Å². The SMILES string of the molecule is Fc1ccc2c(ccn2CC(F)(F)F)c1. The summed E-state index contributed by atoms with van der Waals surface area (Å²) in [7, 11) is 0. The fourth-order valence-electron chi connectivity index (χ4n) is 1.50. The Bertz CT molecular complexity index is 484. The summed E-state index contributed by atoms with van der Waals surface area (Å²) in [5, 5.41) is 0.472. The second-order valence-corrected chi connectivity index (χ2v) is 3.26. The molecule has 0 bridgehead atoms. The molecule has 1 aromatic carbocycles. The van der Waals surface area contributed by atoms with E-state index in [1.165, 1.54) is 24.4 Å². The number of fused-ring (bicyclic) bond motifs is 1. The van der Waals surface area contributed by atoms with Crippen molar-refractivity contribution < 1.29 is 17.6 Å². The van der Waals surface area contributed by atoms with Crippen molar-refractivity contribution in [3.63, 3.8) is 0 Å². The Morgan fingerprint density at radius 2 is 1.87 bits per heavy atom. The molecule has 0 aliphatic rings. The molecule has 0 spiro atoms. The van der Waals surface area contributed by atoms with Crippen molar-refractivity contribution in [2.24, 2.45) is 0 Å². The molecule has 5 heteroatoms. The van der Waals surface area contributed by atoms with Crippen LogP contribution in [-0.4, -0.2) is 10.7 Å². The van der Waals surface area contributed by atoms with Crippen LogP contribution in [-0.2, 0) is 6.54 Å². The molecule has 0 amide bonds. The fraction of sp³-hybridized carbons (Fsp3) is 0.200. The standard InChI is InChI=1S/C10H7F4N/c11-8-1-2-9-7(5-8)3-4-15(9)6-10(12,13)14/h1-5H,6H2. The quantitative estimate of drug-likeness (QED) is 0.645. The summed E-state index contributed by atoms with van der Waals surface area (Å²) in [6.45, 7) is -1.05. The zero-order chi connectivity index (χ0) is 11.1. The second kappa shape index (κ2) is 3.25. The molecule has 0 atom stereocenters. The summed E-state index contributed by atoms with van der Waals surface area (Å²) in [6.07, 6.45) is -2.96. The first-order chi connectivity index (χ1) is 6.96. The van der Waals surface area contributed by atoms with Crippen molar-refractivity contribution in [2.75, 3.05) is 0 Å². The van der Waals surface area contributed by atoms with Crippen molar-refractivity contribution in [1.82, 2.24) is 4.57 Å². The molecule has 0 unspecified atom stereocenters. The van der Waals surface area contributed by atoms with Gasteiger partial charge in [-0.2, -0.15) is 13.2 Å². The highest BCUT2D eigenvalue weighted by Gasteiger charge is 2.28. The van der Waals surface area contributed by atoms with E-state index in [1.807, 2.05) is 0 Å². The van der Waals surface area contributed by atoms with E-state index in [0.29, 0.717) is 10.9 Å². The summed E-state index contributed by atoms with van der Waals surface area (Å²) in [5.74, 6) is -0.452. The third-order valence-electron chi connectivity index (χ3n) is 2.08. The lowest BCUT2D eigenvalue weighted by Crippen LogP contribution is -2.16. The van der Waals surface area contributed by atoms with E-state index in [2.05, 4.69) is 0 Å². The molecular weight excluding hydrogens is 210 g/mol. The molecule has 0 saturated carbocycles. The molecule has 0 radical (unpaired) electrons. The van der Waals surface area contributed by atoms with E-state index in [4.69, 9.17) is 0 Å². The van der Waals surface area contributed by atoms with Crippen molar-refractivity contribution in [1.29, 1.82) is 0 Å². The van der Waals surface area contributed by atoms with Crippen LogP contribution < -0.4 is 0 Å². The largest absolute Gasteiger partial charge is 0.406 e. The van der Waals surface area contributed by atoms with Gasteiger partial charge in [-0.05, 0) is 24.3 Å². The lowest BCUT2D eigenvalue weighted by molar-refractivity contribution is -0.139. The van der Waals surface area contributed by atoms with Crippen LogP contribution in [0.5, 0.6) is 0 Å². The number of hydrogen-bond acceptors (Lipinski definition) is 0. The van der Waals surface area contributed by atoms with Crippen molar-refractivity contribution >= 4 is 10.9 Å². The van der Waals surface area contributed by atoms with Gasteiger partial charge in [0.15, 0.2) is 0 Å². The lowest BCUT2D eigenvalue weighted by atomic mass is 10.2. The van der Waals surface area contributed by atoms with Gasteiger partial charge in [0.2, 0.25) is 0 Å². The number of aromatic nitrogens is 1. The Morgan fingerprint density at radius 1 is 1.13 bits per heavy atom. The third kappa shape index (κ3) is 2.11.